The number of rotatable bonds is 7. The number of carbonyl (C=O) groups is 2. The molecule has 2 rings (SSSR count). The third-order valence-electron chi connectivity index (χ3n) is 4.25. The van der Waals surface area contributed by atoms with Gasteiger partial charge in [0, 0.05) is 25.7 Å². The lowest BCUT2D eigenvalue weighted by Crippen LogP contribution is -2.20. The van der Waals surface area contributed by atoms with Crippen molar-refractivity contribution in [3.05, 3.63) is 35.9 Å². The SMILES string of the molecule is CC(=O)O[C@@H]1CC(=O)C[C@H]1CCCCC(O)c1ccccc1. The molecule has 3 atom stereocenters. The monoisotopic (exact) mass is 304 g/mol. The third-order valence-corrected chi connectivity index (χ3v) is 4.25. The van der Waals surface area contributed by atoms with E-state index in [4.69, 9.17) is 4.74 Å². The van der Waals surface area contributed by atoms with E-state index in [9.17, 15) is 14.7 Å². The molecule has 1 aromatic carbocycles. The van der Waals surface area contributed by atoms with Crippen molar-refractivity contribution >= 4 is 11.8 Å². The highest BCUT2D eigenvalue weighted by Crippen LogP contribution is 2.31. The van der Waals surface area contributed by atoms with Crippen LogP contribution in [0.2, 0.25) is 0 Å². The van der Waals surface area contributed by atoms with Gasteiger partial charge in [0.05, 0.1) is 6.10 Å². The van der Waals surface area contributed by atoms with Crippen molar-refractivity contribution in [3.8, 4) is 0 Å². The van der Waals surface area contributed by atoms with E-state index < -0.39 is 6.10 Å². The first-order valence-corrected chi connectivity index (χ1v) is 7.98. The van der Waals surface area contributed by atoms with Gasteiger partial charge in [-0.05, 0) is 18.4 Å². The average molecular weight is 304 g/mol. The number of aliphatic hydroxyl groups excluding tert-OH is 1. The molecule has 0 saturated heterocycles. The fourth-order valence-electron chi connectivity index (χ4n) is 3.12. The van der Waals surface area contributed by atoms with Crippen LogP contribution in [0.1, 0.15) is 57.1 Å². The van der Waals surface area contributed by atoms with Crippen LogP contribution in [0.5, 0.6) is 0 Å². The molecule has 0 radical (unpaired) electrons. The fourth-order valence-corrected chi connectivity index (χ4v) is 3.12. The molecule has 4 heteroatoms. The highest BCUT2D eigenvalue weighted by molar-refractivity contribution is 5.82. The Labute approximate surface area is 131 Å². The molecule has 0 spiro atoms. The molecule has 0 bridgehead atoms. The minimum atomic E-state index is -0.435. The number of hydrogen-bond donors (Lipinski definition) is 1. The molecule has 1 N–H and O–H groups in total. The van der Waals surface area contributed by atoms with Crippen LogP contribution in [0.15, 0.2) is 30.3 Å². The lowest BCUT2D eigenvalue weighted by atomic mass is 9.96. The van der Waals surface area contributed by atoms with E-state index in [1.54, 1.807) is 0 Å². The van der Waals surface area contributed by atoms with E-state index in [1.165, 1.54) is 6.92 Å². The number of hydrogen-bond acceptors (Lipinski definition) is 4. The number of benzene rings is 1. The predicted molar refractivity (Wildman–Crippen MR) is 83.2 cm³/mol. The number of esters is 1. The van der Waals surface area contributed by atoms with E-state index >= 15 is 0 Å². The number of ketones is 1. The first-order chi connectivity index (χ1) is 10.6. The van der Waals surface area contributed by atoms with Crippen molar-refractivity contribution in [2.75, 3.05) is 0 Å². The van der Waals surface area contributed by atoms with Crippen molar-refractivity contribution < 1.29 is 19.4 Å². The zero-order valence-electron chi connectivity index (χ0n) is 13.0. The smallest absolute Gasteiger partial charge is 0.302 e. The Morgan fingerprint density at radius 2 is 2.00 bits per heavy atom. The topological polar surface area (TPSA) is 63.6 Å². The molecule has 0 heterocycles. The molecule has 0 aromatic heterocycles. The van der Waals surface area contributed by atoms with Crippen LogP contribution in [-0.2, 0) is 14.3 Å². The zero-order chi connectivity index (χ0) is 15.9. The van der Waals surface area contributed by atoms with Gasteiger partial charge in [-0.15, -0.1) is 0 Å². The Morgan fingerprint density at radius 1 is 1.27 bits per heavy atom. The Kier molecular flexibility index (Phi) is 6.13. The summed E-state index contributed by atoms with van der Waals surface area (Å²) in [6.07, 6.45) is 3.59. The van der Waals surface area contributed by atoms with Gasteiger partial charge in [-0.1, -0.05) is 43.2 Å². The van der Waals surface area contributed by atoms with Gasteiger partial charge < -0.3 is 9.84 Å². The summed E-state index contributed by atoms with van der Waals surface area (Å²) in [5.74, 6) is 0.00929. The summed E-state index contributed by atoms with van der Waals surface area (Å²) in [7, 11) is 0. The van der Waals surface area contributed by atoms with Crippen molar-refractivity contribution in [1.82, 2.24) is 0 Å². The van der Waals surface area contributed by atoms with E-state index in [2.05, 4.69) is 0 Å². The van der Waals surface area contributed by atoms with Crippen LogP contribution in [0.4, 0.5) is 0 Å². The summed E-state index contributed by atoms with van der Waals surface area (Å²) in [5.41, 5.74) is 0.941. The molecule has 4 nitrogen and oxygen atoms in total. The summed E-state index contributed by atoms with van der Waals surface area (Å²) in [6.45, 7) is 1.38. The third kappa shape index (κ3) is 4.95. The van der Waals surface area contributed by atoms with Gasteiger partial charge in [0.1, 0.15) is 11.9 Å². The Morgan fingerprint density at radius 3 is 2.68 bits per heavy atom. The van der Waals surface area contributed by atoms with Crippen LogP contribution in [0.3, 0.4) is 0 Å². The molecule has 1 aliphatic carbocycles. The number of aliphatic hydroxyl groups is 1. The second-order valence-electron chi connectivity index (χ2n) is 6.07. The van der Waals surface area contributed by atoms with E-state index in [0.29, 0.717) is 19.3 Å². The molecule has 1 saturated carbocycles. The maximum absolute atomic E-state index is 11.5. The number of Topliss-reactive ketones (excluding diaryl/α,β-unsaturated/α-hetero) is 1. The molecule has 1 aliphatic rings. The lowest BCUT2D eigenvalue weighted by molar-refractivity contribution is -0.148. The first kappa shape index (κ1) is 16.7. The maximum Gasteiger partial charge on any atom is 0.302 e. The Balaban J connectivity index is 1.71. The van der Waals surface area contributed by atoms with Gasteiger partial charge in [0.25, 0.3) is 0 Å². The lowest BCUT2D eigenvalue weighted by Gasteiger charge is -2.18. The largest absolute Gasteiger partial charge is 0.462 e. The van der Waals surface area contributed by atoms with E-state index in [-0.39, 0.29) is 23.8 Å². The number of ether oxygens (including phenoxy) is 1. The minimum absolute atomic E-state index is 0.144. The molecule has 22 heavy (non-hydrogen) atoms. The standard InChI is InChI=1S/C18H24O4/c1-13(19)22-18-12-16(20)11-15(18)9-5-6-10-17(21)14-7-3-2-4-8-14/h2-4,7-8,15,17-18,21H,5-6,9-12H2,1H3/t15-,17?,18-/m1/s1. The van der Waals surface area contributed by atoms with Crippen LogP contribution in [0.25, 0.3) is 0 Å². The van der Waals surface area contributed by atoms with Gasteiger partial charge in [0.2, 0.25) is 0 Å². The van der Waals surface area contributed by atoms with Crippen LogP contribution in [0, 0.1) is 5.92 Å². The first-order valence-electron chi connectivity index (χ1n) is 7.98. The summed E-state index contributed by atoms with van der Waals surface area (Å²) >= 11 is 0. The molecule has 120 valence electrons. The molecule has 1 aromatic rings. The average Bonchev–Trinajstić information content (AvgIpc) is 2.83. The highest BCUT2D eigenvalue weighted by Gasteiger charge is 2.34. The molecule has 1 fully saturated rings. The fraction of sp³-hybridized carbons (Fsp3) is 0.556. The van der Waals surface area contributed by atoms with E-state index in [1.807, 2.05) is 30.3 Å². The van der Waals surface area contributed by atoms with Gasteiger partial charge in [-0.25, -0.2) is 0 Å². The van der Waals surface area contributed by atoms with Gasteiger partial charge >= 0.3 is 5.97 Å². The molecule has 0 aliphatic heterocycles. The van der Waals surface area contributed by atoms with Gasteiger partial charge in [-0.2, -0.15) is 0 Å². The zero-order valence-corrected chi connectivity index (χ0v) is 13.0. The maximum atomic E-state index is 11.5. The van der Waals surface area contributed by atoms with Crippen LogP contribution >= 0.6 is 0 Å². The number of unbranched alkanes of at least 4 members (excludes halogenated alkanes) is 1. The normalized spacial score (nSPS) is 22.5. The molecular weight excluding hydrogens is 280 g/mol. The Hall–Kier alpha value is -1.68. The van der Waals surface area contributed by atoms with Crippen molar-refractivity contribution in [3.63, 3.8) is 0 Å². The quantitative estimate of drug-likeness (QED) is 0.620. The number of carbonyl (C=O) groups excluding carboxylic acids is 2. The molecular formula is C18H24O4. The van der Waals surface area contributed by atoms with Crippen LogP contribution in [-0.4, -0.2) is 23.0 Å². The van der Waals surface area contributed by atoms with E-state index in [0.717, 1.165) is 24.8 Å². The second kappa shape index (κ2) is 8.08. The van der Waals surface area contributed by atoms with Crippen LogP contribution < -0.4 is 0 Å². The molecule has 1 unspecified atom stereocenters. The van der Waals surface area contributed by atoms with Gasteiger partial charge in [-0.3, -0.25) is 9.59 Å². The molecule has 0 amide bonds. The van der Waals surface area contributed by atoms with Crippen molar-refractivity contribution in [2.45, 2.75) is 57.7 Å². The summed E-state index contributed by atoms with van der Waals surface area (Å²) in [6, 6.07) is 9.63. The predicted octanol–water partition coefficient (Wildman–Crippen LogP) is 3.19. The summed E-state index contributed by atoms with van der Waals surface area (Å²) in [5, 5.41) is 10.1. The summed E-state index contributed by atoms with van der Waals surface area (Å²) < 4.78 is 5.23. The Bertz CT molecular complexity index is 497. The van der Waals surface area contributed by atoms with Crippen molar-refractivity contribution in [2.24, 2.45) is 5.92 Å². The summed E-state index contributed by atoms with van der Waals surface area (Å²) in [4.78, 5) is 22.6. The van der Waals surface area contributed by atoms with Gasteiger partial charge in [0.15, 0.2) is 0 Å². The second-order valence-corrected chi connectivity index (χ2v) is 6.07. The van der Waals surface area contributed by atoms with Crippen molar-refractivity contribution in [1.29, 1.82) is 0 Å². The minimum Gasteiger partial charge on any atom is -0.462 e. The highest BCUT2D eigenvalue weighted by atomic mass is 16.5.